The van der Waals surface area contributed by atoms with E-state index in [2.05, 4.69) is 4.74 Å². The van der Waals surface area contributed by atoms with Crippen molar-refractivity contribution in [1.82, 2.24) is 0 Å². The predicted molar refractivity (Wildman–Crippen MR) is 24.7 cm³/mol. The molecule has 7 heavy (non-hydrogen) atoms. The van der Waals surface area contributed by atoms with Crippen molar-refractivity contribution in [2.24, 2.45) is 5.92 Å². The van der Waals surface area contributed by atoms with Gasteiger partial charge in [0.15, 0.2) is 0 Å². The number of cyclic esters (lactones) is 1. The van der Waals surface area contributed by atoms with E-state index in [9.17, 15) is 4.79 Å². The minimum atomic E-state index is -0.0694. The van der Waals surface area contributed by atoms with Crippen molar-refractivity contribution in [3.05, 3.63) is 0 Å². The van der Waals surface area contributed by atoms with Crippen molar-refractivity contribution in [3.8, 4) is 0 Å². The van der Waals surface area contributed by atoms with Crippen LogP contribution in [0.3, 0.4) is 0 Å². The Labute approximate surface area is 42.5 Å². The highest BCUT2D eigenvalue weighted by molar-refractivity contribution is 5.87. The second-order valence-electron chi connectivity index (χ2n) is 2.10. The van der Waals surface area contributed by atoms with Crippen LogP contribution in [0.15, 0.2) is 0 Å². The van der Waals surface area contributed by atoms with Gasteiger partial charge in [0.05, 0.1) is 0 Å². The van der Waals surface area contributed by atoms with E-state index >= 15 is 0 Å². The van der Waals surface area contributed by atoms with Crippen molar-refractivity contribution in [3.63, 3.8) is 0 Å². The van der Waals surface area contributed by atoms with Gasteiger partial charge in [-0.15, -0.1) is 0 Å². The summed E-state index contributed by atoms with van der Waals surface area (Å²) in [6.45, 7) is 3.94. The Morgan fingerprint density at radius 2 is 2.14 bits per heavy atom. The molecular formula is C5H8O2. The normalized spacial score (nSPS) is 27.9. The lowest BCUT2D eigenvalue weighted by Gasteiger charge is -1.87. The van der Waals surface area contributed by atoms with Crippen LogP contribution in [0.4, 0.5) is 0 Å². The molecular weight excluding hydrogens is 92.1 g/mol. The molecule has 1 atom stereocenters. The molecule has 0 N–H and O–H groups in total. The van der Waals surface area contributed by atoms with Gasteiger partial charge in [-0.3, -0.25) is 0 Å². The number of epoxide rings is 1. The number of hydrogen-bond donors (Lipinski definition) is 0. The standard InChI is InChI=1S/C5H8O2/c1-3(2)4-5(6)7-4/h3-4H,1-2H3. The molecule has 2 heteroatoms. The number of rotatable bonds is 1. The van der Waals surface area contributed by atoms with E-state index in [-0.39, 0.29) is 12.1 Å². The van der Waals surface area contributed by atoms with E-state index in [1.165, 1.54) is 0 Å². The summed E-state index contributed by atoms with van der Waals surface area (Å²) in [5, 5.41) is 0. The molecule has 40 valence electrons. The highest BCUT2D eigenvalue weighted by Gasteiger charge is 2.40. The quantitative estimate of drug-likeness (QED) is 0.451. The van der Waals surface area contributed by atoms with Crippen LogP contribution in [-0.2, 0) is 9.53 Å². The van der Waals surface area contributed by atoms with Gasteiger partial charge in [0, 0.05) is 5.92 Å². The number of hydrogen-bond acceptors (Lipinski definition) is 2. The number of ether oxygens (including phenoxy) is 1. The Morgan fingerprint density at radius 1 is 1.71 bits per heavy atom. The van der Waals surface area contributed by atoms with Crippen molar-refractivity contribution in [1.29, 1.82) is 0 Å². The maximum atomic E-state index is 10.1. The lowest BCUT2D eigenvalue weighted by atomic mass is 10.1. The van der Waals surface area contributed by atoms with Gasteiger partial charge in [-0.05, 0) is 0 Å². The van der Waals surface area contributed by atoms with Gasteiger partial charge >= 0.3 is 5.97 Å². The summed E-state index contributed by atoms with van der Waals surface area (Å²) in [6.07, 6.45) is -0.0694. The summed E-state index contributed by atoms with van der Waals surface area (Å²) < 4.78 is 4.54. The van der Waals surface area contributed by atoms with Crippen molar-refractivity contribution in [2.45, 2.75) is 20.0 Å². The largest absolute Gasteiger partial charge is 0.447 e. The van der Waals surface area contributed by atoms with Crippen LogP contribution in [0.2, 0.25) is 0 Å². The molecule has 0 saturated carbocycles. The van der Waals surface area contributed by atoms with Gasteiger partial charge in [0.1, 0.15) is 0 Å². The Bertz CT molecular complexity index is 96.3. The third-order valence-electron chi connectivity index (χ3n) is 1.02. The molecule has 0 radical (unpaired) electrons. The SMILES string of the molecule is CC(C)C1OC1=O. The predicted octanol–water partition coefficient (Wildman–Crippen LogP) is 0.568. The summed E-state index contributed by atoms with van der Waals surface area (Å²) in [5.74, 6) is 0.322. The second kappa shape index (κ2) is 1.22. The second-order valence-corrected chi connectivity index (χ2v) is 2.10. The molecule has 0 aromatic carbocycles. The van der Waals surface area contributed by atoms with Gasteiger partial charge in [0.25, 0.3) is 0 Å². The van der Waals surface area contributed by atoms with Gasteiger partial charge in [-0.1, -0.05) is 13.8 Å². The zero-order chi connectivity index (χ0) is 5.44. The summed E-state index contributed by atoms with van der Waals surface area (Å²) >= 11 is 0. The molecule has 0 spiro atoms. The first-order valence-electron chi connectivity index (χ1n) is 2.42. The Kier molecular flexibility index (Phi) is 0.805. The fourth-order valence-electron chi connectivity index (χ4n) is 0.499. The minimum Gasteiger partial charge on any atom is -0.447 e. The first-order chi connectivity index (χ1) is 3.22. The van der Waals surface area contributed by atoms with Crippen molar-refractivity contribution >= 4 is 5.97 Å². The van der Waals surface area contributed by atoms with Gasteiger partial charge in [-0.2, -0.15) is 0 Å². The summed E-state index contributed by atoms with van der Waals surface area (Å²) in [4.78, 5) is 10.1. The van der Waals surface area contributed by atoms with Crippen LogP contribution in [-0.4, -0.2) is 12.1 Å². The average molecular weight is 100 g/mol. The van der Waals surface area contributed by atoms with E-state index in [0.29, 0.717) is 5.92 Å². The molecule has 1 aliphatic heterocycles. The molecule has 1 rings (SSSR count). The lowest BCUT2D eigenvalue weighted by Crippen LogP contribution is -1.97. The van der Waals surface area contributed by atoms with E-state index in [0.717, 1.165) is 0 Å². The molecule has 0 bridgehead atoms. The molecule has 1 fully saturated rings. The third kappa shape index (κ3) is 0.734. The van der Waals surface area contributed by atoms with Crippen molar-refractivity contribution in [2.75, 3.05) is 0 Å². The van der Waals surface area contributed by atoms with Crippen LogP contribution in [0, 0.1) is 5.92 Å². The van der Waals surface area contributed by atoms with Crippen LogP contribution >= 0.6 is 0 Å². The van der Waals surface area contributed by atoms with E-state index in [1.54, 1.807) is 0 Å². The fourth-order valence-corrected chi connectivity index (χ4v) is 0.499. The first-order valence-corrected chi connectivity index (χ1v) is 2.42. The Balaban J connectivity index is 2.33. The zero-order valence-electron chi connectivity index (χ0n) is 4.47. The molecule has 1 saturated heterocycles. The van der Waals surface area contributed by atoms with E-state index in [1.807, 2.05) is 13.8 Å². The monoisotopic (exact) mass is 100 g/mol. The summed E-state index contributed by atoms with van der Waals surface area (Å²) in [6, 6.07) is 0. The maximum absolute atomic E-state index is 10.1. The maximum Gasteiger partial charge on any atom is 0.348 e. The summed E-state index contributed by atoms with van der Waals surface area (Å²) in [5.41, 5.74) is 0. The van der Waals surface area contributed by atoms with Gasteiger partial charge in [0.2, 0.25) is 6.10 Å². The molecule has 0 aromatic rings. The zero-order valence-corrected chi connectivity index (χ0v) is 4.47. The molecule has 0 aliphatic carbocycles. The first kappa shape index (κ1) is 4.62. The minimum absolute atomic E-state index is 0.0463. The van der Waals surface area contributed by atoms with Crippen LogP contribution in [0.25, 0.3) is 0 Å². The highest BCUT2D eigenvalue weighted by Crippen LogP contribution is 2.20. The molecule has 0 amide bonds. The summed E-state index contributed by atoms with van der Waals surface area (Å²) in [7, 11) is 0. The highest BCUT2D eigenvalue weighted by atomic mass is 16.6. The third-order valence-corrected chi connectivity index (χ3v) is 1.02. The van der Waals surface area contributed by atoms with Crippen LogP contribution in [0.5, 0.6) is 0 Å². The lowest BCUT2D eigenvalue weighted by molar-refractivity contribution is -0.117. The topological polar surface area (TPSA) is 29.6 Å². The Hall–Kier alpha value is -0.530. The average Bonchev–Trinajstić information content (AvgIpc) is 2.17. The van der Waals surface area contributed by atoms with Gasteiger partial charge in [-0.25, -0.2) is 4.79 Å². The molecule has 1 unspecified atom stereocenters. The molecule has 1 aliphatic rings. The molecule has 0 aromatic heterocycles. The number of carbonyl (C=O) groups is 1. The van der Waals surface area contributed by atoms with E-state index < -0.39 is 0 Å². The van der Waals surface area contributed by atoms with Crippen LogP contribution < -0.4 is 0 Å². The number of carbonyl (C=O) groups excluding carboxylic acids is 1. The molecule has 1 heterocycles. The van der Waals surface area contributed by atoms with Crippen molar-refractivity contribution < 1.29 is 9.53 Å². The van der Waals surface area contributed by atoms with Gasteiger partial charge < -0.3 is 4.74 Å². The smallest absolute Gasteiger partial charge is 0.348 e. The molecule has 2 nitrogen and oxygen atoms in total. The fraction of sp³-hybridized carbons (Fsp3) is 0.800. The Morgan fingerprint density at radius 3 is 2.14 bits per heavy atom. The van der Waals surface area contributed by atoms with E-state index in [4.69, 9.17) is 0 Å². The van der Waals surface area contributed by atoms with Crippen LogP contribution in [0.1, 0.15) is 13.8 Å².